The van der Waals surface area contributed by atoms with E-state index in [1.54, 1.807) is 7.05 Å². The molecule has 62 valence electrons. The van der Waals surface area contributed by atoms with Crippen LogP contribution in [0, 0.1) is 0 Å². The van der Waals surface area contributed by atoms with Crippen LogP contribution in [-0.2, 0) is 4.79 Å². The van der Waals surface area contributed by atoms with Gasteiger partial charge in [0.25, 0.3) is 0 Å². The molecule has 0 rings (SSSR count). The molecule has 0 radical (unpaired) electrons. The predicted molar refractivity (Wildman–Crippen MR) is 40.9 cm³/mol. The minimum atomic E-state index is -0.434. The summed E-state index contributed by atoms with van der Waals surface area (Å²) in [5.41, 5.74) is 7.96. The van der Waals surface area contributed by atoms with Gasteiger partial charge in [0.2, 0.25) is 5.91 Å². The van der Waals surface area contributed by atoms with Gasteiger partial charge in [-0.15, -0.1) is 0 Å². The Kier molecular flexibility index (Phi) is 4.89. The van der Waals surface area contributed by atoms with Crippen molar-refractivity contribution in [3.05, 3.63) is 10.4 Å². The van der Waals surface area contributed by atoms with Gasteiger partial charge in [0.1, 0.15) is 0 Å². The number of amides is 1. The predicted octanol–water partition coefficient (Wildman–Crippen LogP) is -0.369. The Morgan fingerprint density at radius 2 is 2.36 bits per heavy atom. The Bertz CT molecular complexity index is 174. The van der Waals surface area contributed by atoms with Gasteiger partial charge in [0.15, 0.2) is 0 Å². The van der Waals surface area contributed by atoms with E-state index in [1.807, 2.05) is 0 Å². The summed E-state index contributed by atoms with van der Waals surface area (Å²) >= 11 is 0. The van der Waals surface area contributed by atoms with Crippen LogP contribution < -0.4 is 10.6 Å². The normalized spacial score (nSPS) is 11.5. The lowest BCUT2D eigenvalue weighted by atomic mass is 10.3. The molecule has 0 bridgehead atoms. The first kappa shape index (κ1) is 9.74. The molecule has 0 unspecified atom stereocenters. The lowest BCUT2D eigenvalue weighted by Crippen LogP contribution is -2.43. The second-order valence-electron chi connectivity index (χ2n) is 1.87. The number of hydrogen-bond donors (Lipinski definition) is 2. The topological polar surface area (TPSA) is 89.9 Å². The van der Waals surface area contributed by atoms with Crippen molar-refractivity contribution >= 4 is 5.91 Å². The molecule has 0 aliphatic heterocycles. The average Bonchev–Trinajstić information content (AvgIpc) is 2.05. The van der Waals surface area contributed by atoms with Crippen LogP contribution in [-0.4, -0.2) is 32.6 Å². The molecule has 0 heterocycles. The second kappa shape index (κ2) is 5.52. The van der Waals surface area contributed by atoms with Crippen LogP contribution in [0.15, 0.2) is 5.11 Å². The van der Waals surface area contributed by atoms with E-state index in [0.717, 1.165) is 0 Å². The van der Waals surface area contributed by atoms with Gasteiger partial charge in [-0.1, -0.05) is 5.11 Å². The average molecular weight is 157 g/mol. The number of carbonyl (C=O) groups excluding carboxylic acids is 1. The van der Waals surface area contributed by atoms with Crippen LogP contribution in [0.4, 0.5) is 0 Å². The first-order valence-electron chi connectivity index (χ1n) is 3.16. The van der Waals surface area contributed by atoms with E-state index in [4.69, 9.17) is 5.53 Å². The molecule has 0 saturated carbocycles. The van der Waals surface area contributed by atoms with Gasteiger partial charge in [-0.3, -0.25) is 4.79 Å². The van der Waals surface area contributed by atoms with Gasteiger partial charge in [0, 0.05) is 12.0 Å². The minimum Gasteiger partial charge on any atom is -0.358 e. The zero-order valence-corrected chi connectivity index (χ0v) is 6.53. The zero-order chi connectivity index (χ0) is 8.69. The van der Waals surface area contributed by atoms with E-state index >= 15 is 0 Å². The highest BCUT2D eigenvalue weighted by atomic mass is 16.2. The standard InChI is InChI=1S/C5H11N5O/c1-7-4(3-9-10-6)5(11)8-2/h4,7H,3H2,1-2H3,(H,8,11)/t4-/m0/s1. The summed E-state index contributed by atoms with van der Waals surface area (Å²) < 4.78 is 0. The van der Waals surface area contributed by atoms with Gasteiger partial charge in [-0.05, 0) is 12.6 Å². The molecular formula is C5H11N5O. The van der Waals surface area contributed by atoms with Crippen molar-refractivity contribution in [2.24, 2.45) is 5.11 Å². The highest BCUT2D eigenvalue weighted by Crippen LogP contribution is 1.84. The monoisotopic (exact) mass is 157 g/mol. The van der Waals surface area contributed by atoms with Crippen molar-refractivity contribution in [2.75, 3.05) is 20.6 Å². The van der Waals surface area contributed by atoms with Gasteiger partial charge in [-0.25, -0.2) is 0 Å². The van der Waals surface area contributed by atoms with Crippen molar-refractivity contribution < 1.29 is 4.79 Å². The Morgan fingerprint density at radius 3 is 2.73 bits per heavy atom. The molecule has 0 aromatic carbocycles. The number of hydrogen-bond acceptors (Lipinski definition) is 3. The molecule has 6 heteroatoms. The lowest BCUT2D eigenvalue weighted by Gasteiger charge is -2.10. The molecule has 0 aliphatic rings. The fourth-order valence-electron chi connectivity index (χ4n) is 0.598. The molecule has 1 amide bonds. The van der Waals surface area contributed by atoms with Crippen molar-refractivity contribution in [2.45, 2.75) is 6.04 Å². The number of rotatable bonds is 4. The summed E-state index contributed by atoms with van der Waals surface area (Å²) in [4.78, 5) is 13.4. The molecular weight excluding hydrogens is 146 g/mol. The maximum Gasteiger partial charge on any atom is 0.237 e. The molecule has 0 aliphatic carbocycles. The number of azide groups is 1. The largest absolute Gasteiger partial charge is 0.358 e. The summed E-state index contributed by atoms with van der Waals surface area (Å²) in [5.74, 6) is -0.181. The van der Waals surface area contributed by atoms with E-state index in [0.29, 0.717) is 0 Å². The van der Waals surface area contributed by atoms with Crippen LogP contribution in [0.25, 0.3) is 10.4 Å². The smallest absolute Gasteiger partial charge is 0.237 e. The molecule has 0 spiro atoms. The van der Waals surface area contributed by atoms with E-state index in [2.05, 4.69) is 20.7 Å². The Labute approximate surface area is 64.6 Å². The maximum absolute atomic E-state index is 10.9. The maximum atomic E-state index is 10.9. The molecule has 0 saturated heterocycles. The van der Waals surface area contributed by atoms with Gasteiger partial charge >= 0.3 is 0 Å². The third-order valence-electron chi connectivity index (χ3n) is 1.24. The summed E-state index contributed by atoms with van der Waals surface area (Å²) in [6.07, 6.45) is 0. The SMILES string of the molecule is CNC(=O)[C@H](CN=[N+]=[N-])NC. The zero-order valence-electron chi connectivity index (χ0n) is 6.53. The van der Waals surface area contributed by atoms with Crippen LogP contribution in [0.2, 0.25) is 0 Å². The fraction of sp³-hybridized carbons (Fsp3) is 0.800. The highest BCUT2D eigenvalue weighted by molar-refractivity contribution is 5.81. The fourth-order valence-corrected chi connectivity index (χ4v) is 0.598. The minimum absolute atomic E-state index is 0.132. The van der Waals surface area contributed by atoms with E-state index < -0.39 is 6.04 Å². The van der Waals surface area contributed by atoms with Gasteiger partial charge in [0.05, 0.1) is 12.6 Å². The third-order valence-corrected chi connectivity index (χ3v) is 1.24. The second-order valence-corrected chi connectivity index (χ2v) is 1.87. The van der Waals surface area contributed by atoms with Gasteiger partial charge in [-0.2, -0.15) is 0 Å². The van der Waals surface area contributed by atoms with Gasteiger partial charge < -0.3 is 10.6 Å². The first-order valence-corrected chi connectivity index (χ1v) is 3.16. The van der Waals surface area contributed by atoms with Crippen molar-refractivity contribution in [1.82, 2.24) is 10.6 Å². The molecule has 0 fully saturated rings. The summed E-state index contributed by atoms with van der Waals surface area (Å²) in [7, 11) is 3.16. The molecule has 0 aromatic heterocycles. The first-order chi connectivity index (χ1) is 5.26. The van der Waals surface area contributed by atoms with Crippen LogP contribution >= 0.6 is 0 Å². The van der Waals surface area contributed by atoms with Crippen molar-refractivity contribution in [3.63, 3.8) is 0 Å². The quantitative estimate of drug-likeness (QED) is 0.331. The number of carbonyl (C=O) groups is 1. The molecule has 11 heavy (non-hydrogen) atoms. The molecule has 1 atom stereocenters. The Balaban J connectivity index is 3.94. The lowest BCUT2D eigenvalue weighted by molar-refractivity contribution is -0.122. The molecule has 6 nitrogen and oxygen atoms in total. The number of likely N-dealkylation sites (N-methyl/N-ethyl adjacent to an activating group) is 2. The molecule has 2 N–H and O–H groups in total. The summed E-state index contributed by atoms with van der Waals surface area (Å²) in [5, 5.41) is 8.42. The van der Waals surface area contributed by atoms with E-state index in [1.165, 1.54) is 7.05 Å². The third kappa shape index (κ3) is 3.44. The highest BCUT2D eigenvalue weighted by Gasteiger charge is 2.12. The Hall–Kier alpha value is -1.26. The Morgan fingerprint density at radius 1 is 1.73 bits per heavy atom. The summed E-state index contributed by atoms with van der Waals surface area (Å²) in [6.45, 7) is 0.132. The number of nitrogens with one attached hydrogen (secondary N) is 2. The van der Waals surface area contributed by atoms with E-state index in [-0.39, 0.29) is 12.5 Å². The van der Waals surface area contributed by atoms with Crippen LogP contribution in [0.1, 0.15) is 0 Å². The number of nitrogens with zero attached hydrogens (tertiary/aromatic N) is 3. The molecule has 0 aromatic rings. The van der Waals surface area contributed by atoms with Crippen LogP contribution in [0.3, 0.4) is 0 Å². The van der Waals surface area contributed by atoms with Crippen LogP contribution in [0.5, 0.6) is 0 Å². The summed E-state index contributed by atoms with van der Waals surface area (Å²) in [6, 6.07) is -0.434. The van der Waals surface area contributed by atoms with E-state index in [9.17, 15) is 4.79 Å². The van der Waals surface area contributed by atoms with Crippen molar-refractivity contribution in [1.29, 1.82) is 0 Å². The van der Waals surface area contributed by atoms with Crippen molar-refractivity contribution in [3.8, 4) is 0 Å².